The molecule has 1 unspecified atom stereocenters. The Balaban J connectivity index is 2.16. The first-order chi connectivity index (χ1) is 7.79. The van der Waals surface area contributed by atoms with Gasteiger partial charge in [-0.3, -0.25) is 4.98 Å². The average molecular weight is 297 g/mol. The number of nitrogens with one attached hydrogen (secondary N) is 1. The molecule has 1 atom stereocenters. The van der Waals surface area contributed by atoms with E-state index in [4.69, 9.17) is 0 Å². The van der Waals surface area contributed by atoms with E-state index in [1.807, 2.05) is 13.2 Å². The molecular formula is C12H13BrN2S. The van der Waals surface area contributed by atoms with Crippen molar-refractivity contribution in [3.05, 3.63) is 50.9 Å². The van der Waals surface area contributed by atoms with Gasteiger partial charge in [-0.05, 0) is 46.1 Å². The van der Waals surface area contributed by atoms with Gasteiger partial charge in [0, 0.05) is 34.2 Å². The van der Waals surface area contributed by atoms with Crippen molar-refractivity contribution in [3.63, 3.8) is 0 Å². The third kappa shape index (κ3) is 2.90. The van der Waals surface area contributed by atoms with Crippen LogP contribution in [0.5, 0.6) is 0 Å². The van der Waals surface area contributed by atoms with E-state index in [2.05, 4.69) is 49.8 Å². The number of hydrogen-bond donors (Lipinski definition) is 1. The van der Waals surface area contributed by atoms with Crippen LogP contribution in [-0.2, 0) is 6.42 Å². The number of aromatic nitrogens is 1. The smallest absolute Gasteiger partial charge is 0.0410 e. The zero-order valence-electron chi connectivity index (χ0n) is 8.98. The minimum atomic E-state index is 0.323. The summed E-state index contributed by atoms with van der Waals surface area (Å²) < 4.78 is 1.02. The standard InChI is InChI=1S/C12H13BrN2S/c1-14-12(6-11-3-2-4-16-11)9-5-10(13)8-15-7-9/h2-5,7-8,12,14H,6H2,1H3. The number of halogens is 1. The van der Waals surface area contributed by atoms with Gasteiger partial charge >= 0.3 is 0 Å². The predicted octanol–water partition coefficient (Wildman–Crippen LogP) is 3.41. The van der Waals surface area contributed by atoms with Crippen LogP contribution >= 0.6 is 27.3 Å². The molecule has 0 aliphatic carbocycles. The number of hydrogen-bond acceptors (Lipinski definition) is 3. The number of thiophene rings is 1. The highest BCUT2D eigenvalue weighted by atomic mass is 79.9. The minimum Gasteiger partial charge on any atom is -0.313 e. The van der Waals surface area contributed by atoms with Gasteiger partial charge in [-0.1, -0.05) is 6.07 Å². The molecule has 0 saturated heterocycles. The van der Waals surface area contributed by atoms with Crippen molar-refractivity contribution in [3.8, 4) is 0 Å². The Hall–Kier alpha value is -0.710. The first-order valence-corrected chi connectivity index (χ1v) is 6.77. The van der Waals surface area contributed by atoms with Crippen molar-refractivity contribution in [2.75, 3.05) is 7.05 Å². The number of nitrogens with zero attached hydrogens (tertiary/aromatic N) is 1. The minimum absolute atomic E-state index is 0.323. The van der Waals surface area contributed by atoms with Crippen LogP contribution in [-0.4, -0.2) is 12.0 Å². The molecular weight excluding hydrogens is 284 g/mol. The molecule has 84 valence electrons. The molecule has 0 aliphatic heterocycles. The summed E-state index contributed by atoms with van der Waals surface area (Å²) in [6.07, 6.45) is 4.73. The lowest BCUT2D eigenvalue weighted by atomic mass is 10.1. The topological polar surface area (TPSA) is 24.9 Å². The van der Waals surface area contributed by atoms with Crippen LogP contribution in [0.1, 0.15) is 16.5 Å². The van der Waals surface area contributed by atoms with E-state index >= 15 is 0 Å². The van der Waals surface area contributed by atoms with Crippen LogP contribution in [0.15, 0.2) is 40.4 Å². The molecule has 4 heteroatoms. The summed E-state index contributed by atoms with van der Waals surface area (Å²) in [5, 5.41) is 5.44. The Bertz CT molecular complexity index is 442. The fourth-order valence-corrected chi connectivity index (χ4v) is 2.77. The van der Waals surface area contributed by atoms with Gasteiger partial charge in [-0.2, -0.15) is 0 Å². The number of rotatable bonds is 4. The summed E-state index contributed by atoms with van der Waals surface area (Å²) in [4.78, 5) is 5.59. The highest BCUT2D eigenvalue weighted by molar-refractivity contribution is 9.10. The fourth-order valence-electron chi connectivity index (χ4n) is 1.64. The van der Waals surface area contributed by atoms with Crippen LogP contribution in [0, 0.1) is 0 Å². The molecule has 0 amide bonds. The molecule has 16 heavy (non-hydrogen) atoms. The van der Waals surface area contributed by atoms with Gasteiger partial charge in [0.25, 0.3) is 0 Å². The van der Waals surface area contributed by atoms with Gasteiger partial charge in [-0.15, -0.1) is 11.3 Å². The lowest BCUT2D eigenvalue weighted by Gasteiger charge is -2.15. The molecule has 2 rings (SSSR count). The summed E-state index contributed by atoms with van der Waals surface area (Å²) in [6, 6.07) is 6.69. The van der Waals surface area contributed by atoms with E-state index in [1.165, 1.54) is 10.4 Å². The predicted molar refractivity (Wildman–Crippen MR) is 71.8 cm³/mol. The molecule has 0 bridgehead atoms. The van der Waals surface area contributed by atoms with E-state index < -0.39 is 0 Å². The van der Waals surface area contributed by atoms with Gasteiger partial charge in [0.1, 0.15) is 0 Å². The van der Waals surface area contributed by atoms with E-state index in [1.54, 1.807) is 17.5 Å². The number of likely N-dealkylation sites (N-methyl/N-ethyl adjacent to an activating group) is 1. The van der Waals surface area contributed by atoms with E-state index in [-0.39, 0.29) is 0 Å². The molecule has 2 aromatic heterocycles. The molecule has 0 aliphatic rings. The normalized spacial score (nSPS) is 12.6. The highest BCUT2D eigenvalue weighted by Crippen LogP contribution is 2.22. The zero-order valence-corrected chi connectivity index (χ0v) is 11.4. The van der Waals surface area contributed by atoms with Gasteiger partial charge < -0.3 is 5.32 Å². The van der Waals surface area contributed by atoms with E-state index in [0.29, 0.717) is 6.04 Å². The molecule has 2 nitrogen and oxygen atoms in total. The maximum atomic E-state index is 4.20. The fraction of sp³-hybridized carbons (Fsp3) is 0.250. The van der Waals surface area contributed by atoms with Gasteiger partial charge in [0.15, 0.2) is 0 Å². The zero-order chi connectivity index (χ0) is 11.4. The Morgan fingerprint density at radius 2 is 2.38 bits per heavy atom. The Morgan fingerprint density at radius 3 is 3.00 bits per heavy atom. The second-order valence-electron chi connectivity index (χ2n) is 3.56. The van der Waals surface area contributed by atoms with Crippen molar-refractivity contribution in [2.24, 2.45) is 0 Å². The third-order valence-corrected chi connectivity index (χ3v) is 3.79. The Labute approximate surface area is 108 Å². The molecule has 1 N–H and O–H groups in total. The lowest BCUT2D eigenvalue weighted by Crippen LogP contribution is -2.18. The van der Waals surface area contributed by atoms with Gasteiger partial charge in [0.05, 0.1) is 0 Å². The first-order valence-electron chi connectivity index (χ1n) is 5.09. The van der Waals surface area contributed by atoms with Gasteiger partial charge in [0.2, 0.25) is 0 Å². The highest BCUT2D eigenvalue weighted by Gasteiger charge is 2.11. The second kappa shape index (κ2) is 5.57. The van der Waals surface area contributed by atoms with E-state index in [9.17, 15) is 0 Å². The Kier molecular flexibility index (Phi) is 4.09. The lowest BCUT2D eigenvalue weighted by molar-refractivity contribution is 0.594. The number of pyridine rings is 1. The second-order valence-corrected chi connectivity index (χ2v) is 5.51. The molecule has 0 aromatic carbocycles. The van der Waals surface area contributed by atoms with Crippen molar-refractivity contribution in [1.29, 1.82) is 0 Å². The van der Waals surface area contributed by atoms with Crippen molar-refractivity contribution in [2.45, 2.75) is 12.5 Å². The van der Waals surface area contributed by atoms with Crippen molar-refractivity contribution >= 4 is 27.3 Å². The van der Waals surface area contributed by atoms with E-state index in [0.717, 1.165) is 10.9 Å². The average Bonchev–Trinajstić information content (AvgIpc) is 2.78. The molecule has 0 saturated carbocycles. The first kappa shape index (κ1) is 11.8. The summed E-state index contributed by atoms with van der Waals surface area (Å²) in [5.74, 6) is 0. The molecule has 0 spiro atoms. The molecule has 2 aromatic rings. The molecule has 0 fully saturated rings. The summed E-state index contributed by atoms with van der Waals surface area (Å²) >= 11 is 5.24. The SMILES string of the molecule is CNC(Cc1cccs1)c1cncc(Br)c1. The summed E-state index contributed by atoms with van der Waals surface area (Å²) in [7, 11) is 1.99. The van der Waals surface area contributed by atoms with Crippen LogP contribution in [0.4, 0.5) is 0 Å². The van der Waals surface area contributed by atoms with Crippen LogP contribution < -0.4 is 5.32 Å². The maximum absolute atomic E-state index is 4.20. The van der Waals surface area contributed by atoms with Crippen molar-refractivity contribution in [1.82, 2.24) is 10.3 Å². The van der Waals surface area contributed by atoms with Gasteiger partial charge in [-0.25, -0.2) is 0 Å². The van der Waals surface area contributed by atoms with Crippen LogP contribution in [0.2, 0.25) is 0 Å². The quantitative estimate of drug-likeness (QED) is 0.935. The third-order valence-electron chi connectivity index (χ3n) is 2.46. The van der Waals surface area contributed by atoms with Crippen LogP contribution in [0.25, 0.3) is 0 Å². The van der Waals surface area contributed by atoms with Crippen LogP contribution in [0.3, 0.4) is 0 Å². The molecule has 2 heterocycles. The largest absolute Gasteiger partial charge is 0.313 e. The van der Waals surface area contributed by atoms with Crippen molar-refractivity contribution < 1.29 is 0 Å². The monoisotopic (exact) mass is 296 g/mol. The summed E-state index contributed by atoms with van der Waals surface area (Å²) in [5.41, 5.74) is 1.21. The molecule has 0 radical (unpaired) electrons. The Morgan fingerprint density at radius 1 is 1.50 bits per heavy atom. The summed E-state index contributed by atoms with van der Waals surface area (Å²) in [6.45, 7) is 0. The maximum Gasteiger partial charge on any atom is 0.0410 e.